The number of hydrogen-bond acceptors (Lipinski definition) is 5. The molecule has 14 heavy (non-hydrogen) atoms. The number of halogens is 1. The number of pyridine rings is 1. The molecule has 0 aliphatic heterocycles. The Labute approximate surface area is 87.0 Å². The summed E-state index contributed by atoms with van der Waals surface area (Å²) in [6.45, 7) is 1.11. The van der Waals surface area contributed by atoms with Crippen LogP contribution in [0.4, 0.5) is 11.5 Å². The first-order chi connectivity index (χ1) is 6.69. The van der Waals surface area contributed by atoms with Crippen molar-refractivity contribution in [3.8, 4) is 0 Å². The van der Waals surface area contributed by atoms with Gasteiger partial charge in [0, 0.05) is 31.1 Å². The van der Waals surface area contributed by atoms with Crippen LogP contribution in [-0.4, -0.2) is 24.3 Å². The monoisotopic (exact) mass is 213 g/mol. The van der Waals surface area contributed by atoms with Gasteiger partial charge in [0.1, 0.15) is 11.0 Å². The van der Waals surface area contributed by atoms with Crippen LogP contribution in [-0.2, 0) is 0 Å². The molecule has 0 saturated heterocycles. The second-order valence-corrected chi connectivity index (χ2v) is 3.02. The number of aromatic nitrogens is 1. The SMILES string of the molecule is N=Cc1c(N)cc(NCCN)nc1Cl. The largest absolute Gasteiger partial charge is 0.398 e. The molecule has 0 spiro atoms. The zero-order valence-corrected chi connectivity index (χ0v) is 8.30. The van der Waals surface area contributed by atoms with Gasteiger partial charge < -0.3 is 22.2 Å². The molecule has 6 N–H and O–H groups in total. The molecule has 0 aromatic carbocycles. The smallest absolute Gasteiger partial charge is 0.142 e. The lowest BCUT2D eigenvalue weighted by Gasteiger charge is -2.07. The van der Waals surface area contributed by atoms with Gasteiger partial charge in [0.2, 0.25) is 0 Å². The normalized spacial score (nSPS) is 9.86. The van der Waals surface area contributed by atoms with Crippen LogP contribution in [0.1, 0.15) is 5.56 Å². The minimum absolute atomic E-state index is 0.222. The van der Waals surface area contributed by atoms with E-state index in [0.29, 0.717) is 30.2 Å². The summed E-state index contributed by atoms with van der Waals surface area (Å²) in [4.78, 5) is 4.01. The standard InChI is InChI=1S/C8H12ClN5/c9-8-5(4-11)6(12)3-7(14-8)13-2-1-10/h3-4,11H,1-2,10H2,(H3,12,13,14). The number of anilines is 2. The molecular formula is C8H12ClN5. The van der Waals surface area contributed by atoms with Gasteiger partial charge in [-0.05, 0) is 0 Å². The Morgan fingerprint density at radius 2 is 2.36 bits per heavy atom. The van der Waals surface area contributed by atoms with Crippen LogP contribution in [0.25, 0.3) is 0 Å². The number of nitrogens with two attached hydrogens (primary N) is 2. The first kappa shape index (κ1) is 10.7. The molecule has 76 valence electrons. The van der Waals surface area contributed by atoms with Crippen molar-refractivity contribution in [2.24, 2.45) is 5.73 Å². The number of rotatable bonds is 4. The van der Waals surface area contributed by atoms with Crippen molar-refractivity contribution < 1.29 is 0 Å². The second-order valence-electron chi connectivity index (χ2n) is 2.66. The highest BCUT2D eigenvalue weighted by Gasteiger charge is 2.05. The lowest BCUT2D eigenvalue weighted by Crippen LogP contribution is -2.14. The van der Waals surface area contributed by atoms with E-state index in [1.807, 2.05) is 0 Å². The second kappa shape index (κ2) is 4.78. The number of nitrogens with zero attached hydrogens (tertiary/aromatic N) is 1. The molecule has 1 aromatic heterocycles. The maximum Gasteiger partial charge on any atom is 0.142 e. The maximum absolute atomic E-state index is 7.06. The van der Waals surface area contributed by atoms with Crippen molar-refractivity contribution in [1.29, 1.82) is 5.41 Å². The van der Waals surface area contributed by atoms with Gasteiger partial charge in [0.25, 0.3) is 0 Å². The molecule has 0 bridgehead atoms. The van der Waals surface area contributed by atoms with Gasteiger partial charge >= 0.3 is 0 Å². The summed E-state index contributed by atoms with van der Waals surface area (Å²) in [5.74, 6) is 0.573. The van der Waals surface area contributed by atoms with Gasteiger partial charge in [-0.3, -0.25) is 0 Å². The molecule has 1 heterocycles. The van der Waals surface area contributed by atoms with Crippen molar-refractivity contribution in [3.05, 3.63) is 16.8 Å². The summed E-state index contributed by atoms with van der Waals surface area (Å²) < 4.78 is 0. The minimum atomic E-state index is 0.222. The molecule has 5 nitrogen and oxygen atoms in total. The Balaban J connectivity index is 2.95. The summed E-state index contributed by atoms with van der Waals surface area (Å²) in [5, 5.41) is 10.2. The fraction of sp³-hybridized carbons (Fsp3) is 0.250. The maximum atomic E-state index is 7.06. The number of hydrogen-bond donors (Lipinski definition) is 4. The Morgan fingerprint density at radius 3 is 2.86 bits per heavy atom. The Kier molecular flexibility index (Phi) is 3.67. The molecule has 0 aliphatic carbocycles. The third-order valence-corrected chi connectivity index (χ3v) is 1.93. The van der Waals surface area contributed by atoms with E-state index in [2.05, 4.69) is 10.3 Å². The van der Waals surface area contributed by atoms with Crippen LogP contribution in [0.2, 0.25) is 5.15 Å². The molecule has 0 saturated carbocycles. The quantitative estimate of drug-likeness (QED) is 0.437. The zero-order chi connectivity index (χ0) is 10.6. The summed E-state index contributed by atoms with van der Waals surface area (Å²) in [5.41, 5.74) is 11.8. The molecule has 1 rings (SSSR count). The fourth-order valence-electron chi connectivity index (χ4n) is 0.976. The van der Waals surface area contributed by atoms with E-state index in [9.17, 15) is 0 Å². The van der Waals surface area contributed by atoms with Crippen LogP contribution in [0.5, 0.6) is 0 Å². The van der Waals surface area contributed by atoms with E-state index < -0.39 is 0 Å². The van der Waals surface area contributed by atoms with Gasteiger partial charge in [0.15, 0.2) is 0 Å². The highest BCUT2D eigenvalue weighted by molar-refractivity contribution is 6.32. The lowest BCUT2D eigenvalue weighted by atomic mass is 10.2. The van der Waals surface area contributed by atoms with E-state index in [-0.39, 0.29) is 5.15 Å². The van der Waals surface area contributed by atoms with Crippen molar-refractivity contribution in [1.82, 2.24) is 4.98 Å². The van der Waals surface area contributed by atoms with Crippen molar-refractivity contribution in [2.45, 2.75) is 0 Å². The van der Waals surface area contributed by atoms with Crippen molar-refractivity contribution >= 4 is 29.3 Å². The molecule has 0 unspecified atom stereocenters. The number of nitrogens with one attached hydrogen (secondary N) is 2. The van der Waals surface area contributed by atoms with Crippen LogP contribution < -0.4 is 16.8 Å². The van der Waals surface area contributed by atoms with E-state index >= 15 is 0 Å². The van der Waals surface area contributed by atoms with Gasteiger partial charge in [-0.15, -0.1) is 0 Å². The Bertz CT molecular complexity index is 315. The summed E-state index contributed by atoms with van der Waals surface area (Å²) in [7, 11) is 0. The first-order valence-corrected chi connectivity index (χ1v) is 4.47. The predicted octanol–water partition coefficient (Wildman–Crippen LogP) is 0.685. The average molecular weight is 214 g/mol. The van der Waals surface area contributed by atoms with E-state index in [1.165, 1.54) is 0 Å². The van der Waals surface area contributed by atoms with E-state index in [4.69, 9.17) is 28.5 Å². The Morgan fingerprint density at radius 1 is 1.64 bits per heavy atom. The molecule has 6 heteroatoms. The molecular weight excluding hydrogens is 202 g/mol. The third kappa shape index (κ3) is 2.34. The minimum Gasteiger partial charge on any atom is -0.398 e. The molecule has 0 aliphatic rings. The molecule has 0 fully saturated rings. The molecule has 0 amide bonds. The molecule has 1 aromatic rings. The van der Waals surface area contributed by atoms with Crippen LogP contribution >= 0.6 is 11.6 Å². The average Bonchev–Trinajstić information content (AvgIpc) is 2.14. The van der Waals surface area contributed by atoms with Gasteiger partial charge in [-0.1, -0.05) is 11.6 Å². The summed E-state index contributed by atoms with van der Waals surface area (Å²) in [6.07, 6.45) is 1.08. The summed E-state index contributed by atoms with van der Waals surface area (Å²) >= 11 is 5.80. The van der Waals surface area contributed by atoms with Crippen LogP contribution in [0, 0.1) is 5.41 Å². The molecule has 0 radical (unpaired) electrons. The van der Waals surface area contributed by atoms with Crippen molar-refractivity contribution in [3.63, 3.8) is 0 Å². The van der Waals surface area contributed by atoms with Crippen molar-refractivity contribution in [2.75, 3.05) is 24.1 Å². The highest BCUT2D eigenvalue weighted by atomic mass is 35.5. The topological polar surface area (TPSA) is 101 Å². The van der Waals surface area contributed by atoms with Gasteiger partial charge in [0.05, 0.1) is 5.56 Å². The van der Waals surface area contributed by atoms with Gasteiger partial charge in [-0.2, -0.15) is 0 Å². The first-order valence-electron chi connectivity index (χ1n) is 4.09. The predicted molar refractivity (Wildman–Crippen MR) is 59.1 cm³/mol. The summed E-state index contributed by atoms with van der Waals surface area (Å²) in [6, 6.07) is 1.63. The lowest BCUT2D eigenvalue weighted by molar-refractivity contribution is 1.01. The fourth-order valence-corrected chi connectivity index (χ4v) is 1.23. The Hall–Kier alpha value is -1.33. The third-order valence-electron chi connectivity index (χ3n) is 1.64. The zero-order valence-electron chi connectivity index (χ0n) is 7.55. The van der Waals surface area contributed by atoms with Gasteiger partial charge in [-0.25, -0.2) is 4.98 Å². The van der Waals surface area contributed by atoms with E-state index in [1.54, 1.807) is 6.07 Å². The number of nitrogen functional groups attached to an aromatic ring is 1. The van der Waals surface area contributed by atoms with E-state index in [0.717, 1.165) is 6.21 Å². The van der Waals surface area contributed by atoms with Crippen LogP contribution in [0.3, 0.4) is 0 Å². The molecule has 0 atom stereocenters. The van der Waals surface area contributed by atoms with Crippen LogP contribution in [0.15, 0.2) is 6.07 Å². The highest BCUT2D eigenvalue weighted by Crippen LogP contribution is 2.21.